The van der Waals surface area contributed by atoms with E-state index in [0.29, 0.717) is 0 Å². The average molecular weight is 94.1 g/mol. The Morgan fingerprint density at radius 3 is 2.86 bits per heavy atom. The van der Waals surface area contributed by atoms with Crippen molar-refractivity contribution in [3.8, 4) is 0 Å². The van der Waals surface area contributed by atoms with E-state index in [1.54, 1.807) is 0 Å². The van der Waals surface area contributed by atoms with E-state index in [1.807, 2.05) is 0 Å². The van der Waals surface area contributed by atoms with Crippen LogP contribution in [0.15, 0.2) is 11.2 Å². The molecule has 1 aliphatic heterocycles. The van der Waals surface area contributed by atoms with Crippen LogP contribution in [0.4, 0.5) is 0 Å². The maximum absolute atomic E-state index is 10.0. The molecule has 1 rings (SSSR count). The Labute approximate surface area is 40.7 Å². The normalized spacial score (nSPS) is 16.9. The molecule has 0 spiro atoms. The summed E-state index contributed by atoms with van der Waals surface area (Å²) in [6.07, 6.45) is 5.13. The van der Waals surface area contributed by atoms with Crippen LogP contribution in [0.3, 0.4) is 0 Å². The molecule has 0 fully saturated rings. The lowest BCUT2D eigenvalue weighted by Gasteiger charge is -1.87. The van der Waals surface area contributed by atoms with E-state index in [4.69, 9.17) is 0 Å². The molecule has 0 saturated heterocycles. The number of hydrogen-bond donors (Lipinski definition) is 0. The highest BCUT2D eigenvalue weighted by molar-refractivity contribution is 5.90. The van der Waals surface area contributed by atoms with Gasteiger partial charge >= 0.3 is 0 Å². The van der Waals surface area contributed by atoms with E-state index < -0.39 is 5.91 Å². The molecule has 0 aromatic carbocycles. The summed E-state index contributed by atoms with van der Waals surface area (Å²) in [6, 6.07) is 0. The minimum atomic E-state index is -0.414. The summed E-state index contributed by atoms with van der Waals surface area (Å²) in [6.45, 7) is 0. The van der Waals surface area contributed by atoms with Gasteiger partial charge in [0.1, 0.15) is 0 Å². The smallest absolute Gasteiger partial charge is 0.265 e. The topological polar surface area (TPSA) is 43.5 Å². The third-order valence-electron chi connectivity index (χ3n) is 0.497. The van der Waals surface area contributed by atoms with Gasteiger partial charge < -0.3 is 0 Å². The summed E-state index contributed by atoms with van der Waals surface area (Å²) in [7, 11) is 0. The van der Waals surface area contributed by atoms with Crippen LogP contribution in [0.5, 0.6) is 0 Å². The van der Waals surface area contributed by atoms with Gasteiger partial charge in [0.15, 0.2) is 0 Å². The molecule has 0 atom stereocenters. The predicted octanol–water partition coefficient (Wildman–Crippen LogP) is -0.524. The van der Waals surface area contributed by atoms with Gasteiger partial charge in [0, 0.05) is 0 Å². The second kappa shape index (κ2) is 1.55. The van der Waals surface area contributed by atoms with Gasteiger partial charge in [-0.2, -0.15) is 5.10 Å². The summed E-state index contributed by atoms with van der Waals surface area (Å²) < 4.78 is 0. The highest BCUT2D eigenvalue weighted by Crippen LogP contribution is 1.77. The highest BCUT2D eigenvalue weighted by atomic mass is 16.2. The first-order chi connectivity index (χ1) is 3.39. The Kier molecular flexibility index (Phi) is 0.898. The average Bonchev–Trinajstić information content (AvgIpc) is 1.69. The Morgan fingerprint density at radius 2 is 2.57 bits per heavy atom. The number of rotatable bonds is 0. The molecule has 1 aliphatic rings. The van der Waals surface area contributed by atoms with Crippen LogP contribution in [0.25, 0.3) is 0 Å². The van der Waals surface area contributed by atoms with E-state index >= 15 is 0 Å². The monoisotopic (exact) mass is 94.0 g/mol. The Hall–Kier alpha value is -1.12. The predicted molar refractivity (Wildman–Crippen MR) is 23.4 cm³/mol. The van der Waals surface area contributed by atoms with Gasteiger partial charge in [-0.1, -0.05) is 0 Å². The molecule has 34 valence electrons. The zero-order valence-corrected chi connectivity index (χ0v) is 3.46. The number of nitrogens with zero attached hydrogens (tertiary/aromatic N) is 2. The lowest BCUT2D eigenvalue weighted by Crippen LogP contribution is -2.09. The van der Waals surface area contributed by atoms with Gasteiger partial charge in [0.05, 0.1) is 12.3 Å². The first-order valence-electron chi connectivity index (χ1n) is 1.76. The molecular formula is C4H2N2O. The number of carbonyl (C=O) groups excluding carboxylic acids is 1. The molecule has 0 aromatic heterocycles. The van der Waals surface area contributed by atoms with E-state index in [2.05, 4.69) is 16.6 Å². The molecule has 7 heavy (non-hydrogen) atoms. The van der Waals surface area contributed by atoms with Crippen molar-refractivity contribution in [3.63, 3.8) is 0 Å². The van der Waals surface area contributed by atoms with Crippen LogP contribution in [-0.2, 0) is 4.79 Å². The van der Waals surface area contributed by atoms with Crippen LogP contribution >= 0.6 is 0 Å². The van der Waals surface area contributed by atoms with E-state index in [-0.39, 0.29) is 0 Å². The summed E-state index contributed by atoms with van der Waals surface area (Å²) >= 11 is 0. The van der Waals surface area contributed by atoms with Gasteiger partial charge in [-0.05, 0) is 6.08 Å². The summed E-state index contributed by atoms with van der Waals surface area (Å²) in [4.78, 5) is 10.0. The van der Waals surface area contributed by atoms with Crippen molar-refractivity contribution < 1.29 is 4.79 Å². The third kappa shape index (κ3) is 0.855. The fourth-order valence-electron chi connectivity index (χ4n) is 0.257. The first-order valence-corrected chi connectivity index (χ1v) is 1.76. The fourth-order valence-corrected chi connectivity index (χ4v) is 0.257. The number of allylic oxidation sites excluding steroid dienone is 1. The molecule has 0 unspecified atom stereocenters. The van der Waals surface area contributed by atoms with Crippen molar-refractivity contribution >= 4 is 12.1 Å². The lowest BCUT2D eigenvalue weighted by atomic mass is 10.5. The summed E-state index contributed by atoms with van der Waals surface area (Å²) in [5, 5.41) is 3.29. The van der Waals surface area contributed by atoms with Crippen LogP contribution in [0.1, 0.15) is 0 Å². The quantitative estimate of drug-likeness (QED) is 0.398. The molecule has 0 bridgehead atoms. The van der Waals surface area contributed by atoms with Gasteiger partial charge in [-0.15, -0.1) is 5.43 Å². The maximum atomic E-state index is 10.0. The minimum Gasteiger partial charge on any atom is -0.265 e. The highest BCUT2D eigenvalue weighted by Gasteiger charge is 1.95. The summed E-state index contributed by atoms with van der Waals surface area (Å²) in [5.74, 6) is -0.414. The molecule has 1 amide bonds. The number of hydrogen-bond acceptors (Lipinski definition) is 2. The fraction of sp³-hybridized carbons (Fsp3) is 0. The van der Waals surface area contributed by atoms with Crippen LogP contribution in [0, 0.1) is 6.08 Å². The Balaban J connectivity index is 2.66. The van der Waals surface area contributed by atoms with Gasteiger partial charge in [-0.25, -0.2) is 0 Å². The maximum Gasteiger partial charge on any atom is 0.296 e. The molecule has 3 heteroatoms. The lowest BCUT2D eigenvalue weighted by molar-refractivity contribution is -0.117. The molecule has 1 heterocycles. The van der Waals surface area contributed by atoms with E-state index in [0.717, 1.165) is 0 Å². The van der Waals surface area contributed by atoms with E-state index in [1.165, 1.54) is 12.3 Å². The molecule has 3 nitrogen and oxygen atoms in total. The minimum absolute atomic E-state index is 0.414. The van der Waals surface area contributed by atoms with Crippen molar-refractivity contribution in [2.24, 2.45) is 5.10 Å². The van der Waals surface area contributed by atoms with E-state index in [9.17, 15) is 4.79 Å². The number of amides is 1. The molecule has 0 saturated carbocycles. The van der Waals surface area contributed by atoms with Crippen molar-refractivity contribution in [3.05, 3.63) is 12.2 Å². The van der Waals surface area contributed by atoms with Crippen molar-refractivity contribution in [1.29, 1.82) is 0 Å². The Morgan fingerprint density at radius 1 is 1.71 bits per heavy atom. The van der Waals surface area contributed by atoms with Crippen molar-refractivity contribution in [2.45, 2.75) is 0 Å². The first kappa shape index (κ1) is 4.05. The van der Waals surface area contributed by atoms with Crippen molar-refractivity contribution in [2.75, 3.05) is 0 Å². The second-order valence-electron chi connectivity index (χ2n) is 0.981. The molecular weight excluding hydrogens is 92.1 g/mol. The largest absolute Gasteiger partial charge is 0.296 e. The number of carbonyl (C=O) groups is 1. The van der Waals surface area contributed by atoms with Crippen LogP contribution < -0.4 is 5.43 Å². The SMILES string of the molecule is O=C1[C]=CC=N[N]1. The van der Waals surface area contributed by atoms with Gasteiger partial charge in [0.25, 0.3) is 5.91 Å². The third-order valence-corrected chi connectivity index (χ3v) is 0.497. The standard InChI is InChI=1S/C4H2N2O/c7-4-2-1-3-5-6-4/h1,3H. The molecule has 0 aromatic rings. The zero-order chi connectivity index (χ0) is 5.11. The zero-order valence-electron chi connectivity index (χ0n) is 3.46. The second-order valence-corrected chi connectivity index (χ2v) is 0.981. The Bertz CT molecular complexity index is 137. The summed E-state index contributed by atoms with van der Waals surface area (Å²) in [5.41, 5.74) is 3.12. The molecule has 2 radical (unpaired) electrons. The van der Waals surface area contributed by atoms with Gasteiger partial charge in [-0.3, -0.25) is 4.79 Å². The molecule has 0 aliphatic carbocycles. The van der Waals surface area contributed by atoms with Crippen LogP contribution in [-0.4, -0.2) is 12.1 Å². The van der Waals surface area contributed by atoms with Gasteiger partial charge in [0.2, 0.25) is 0 Å². The van der Waals surface area contributed by atoms with Crippen LogP contribution in [0.2, 0.25) is 0 Å². The molecule has 0 N–H and O–H groups in total. The van der Waals surface area contributed by atoms with Crippen molar-refractivity contribution in [1.82, 2.24) is 5.43 Å².